The number of nitro groups is 1. The molecule has 0 aliphatic carbocycles. The number of carbonyl (C=O) groups excluding carboxylic acids is 1. The number of carbonyl (C=O) groups is 1. The van der Waals surface area contributed by atoms with Crippen LogP contribution in [0.1, 0.15) is 17.3 Å². The number of rotatable bonds is 5. The van der Waals surface area contributed by atoms with Crippen LogP contribution in [-0.4, -0.2) is 22.4 Å². The van der Waals surface area contributed by atoms with Crippen molar-refractivity contribution >= 4 is 23.2 Å². The van der Waals surface area contributed by atoms with Crippen molar-refractivity contribution in [3.63, 3.8) is 0 Å². The van der Waals surface area contributed by atoms with Gasteiger partial charge in [-0.05, 0) is 19.1 Å². The molecule has 7 nitrogen and oxygen atoms in total. The summed E-state index contributed by atoms with van der Waals surface area (Å²) in [5.74, 6) is -0.120. The fraction of sp³-hybridized carbons (Fsp3) is 0.143. The van der Waals surface area contributed by atoms with Crippen LogP contribution in [0.4, 0.5) is 5.69 Å². The van der Waals surface area contributed by atoms with Gasteiger partial charge in [-0.25, -0.2) is 0 Å². The quantitative estimate of drug-likeness (QED) is 0.674. The molecule has 0 unspecified atom stereocenters. The molecule has 1 N–H and O–H groups in total. The average molecular weight is 322 g/mol. The van der Waals surface area contributed by atoms with E-state index in [2.05, 4.69) is 10.3 Å². The molecule has 2 aromatic rings. The van der Waals surface area contributed by atoms with Gasteiger partial charge in [-0.15, -0.1) is 0 Å². The number of pyridine rings is 1. The fourth-order valence-corrected chi connectivity index (χ4v) is 1.89. The number of hydrogen-bond donors (Lipinski definition) is 1. The van der Waals surface area contributed by atoms with Crippen molar-refractivity contribution in [3.05, 3.63) is 57.4 Å². The molecule has 8 heteroatoms. The molecule has 0 spiro atoms. The maximum atomic E-state index is 11.7. The van der Waals surface area contributed by atoms with Gasteiger partial charge in [0, 0.05) is 30.4 Å². The van der Waals surface area contributed by atoms with E-state index in [1.54, 1.807) is 6.92 Å². The van der Waals surface area contributed by atoms with E-state index in [9.17, 15) is 14.9 Å². The normalized spacial score (nSPS) is 10.1. The molecule has 0 aliphatic rings. The lowest BCUT2D eigenvalue weighted by atomic mass is 10.1. The highest BCUT2D eigenvalue weighted by molar-refractivity contribution is 6.30. The van der Waals surface area contributed by atoms with Crippen molar-refractivity contribution in [2.75, 3.05) is 6.54 Å². The van der Waals surface area contributed by atoms with Crippen LogP contribution in [0.25, 0.3) is 0 Å². The zero-order chi connectivity index (χ0) is 16.1. The summed E-state index contributed by atoms with van der Waals surface area (Å²) in [7, 11) is 0. The second-order valence-electron chi connectivity index (χ2n) is 4.24. The summed E-state index contributed by atoms with van der Waals surface area (Å²) in [5.41, 5.74) is -0.131. The summed E-state index contributed by atoms with van der Waals surface area (Å²) in [5, 5.41) is 14.1. The Morgan fingerprint density at radius 1 is 1.41 bits per heavy atom. The van der Waals surface area contributed by atoms with E-state index in [4.69, 9.17) is 16.3 Å². The summed E-state index contributed by atoms with van der Waals surface area (Å²) in [4.78, 5) is 26.1. The number of nitrogens with zero attached hydrogens (tertiary/aromatic N) is 2. The fourth-order valence-electron chi connectivity index (χ4n) is 1.73. The van der Waals surface area contributed by atoms with Gasteiger partial charge in [-0.2, -0.15) is 0 Å². The molecule has 114 valence electrons. The molecule has 0 fully saturated rings. The Balaban J connectivity index is 2.35. The highest BCUT2D eigenvalue weighted by Gasteiger charge is 2.19. The van der Waals surface area contributed by atoms with Crippen LogP contribution in [-0.2, 0) is 0 Å². The zero-order valence-electron chi connectivity index (χ0n) is 11.6. The largest absolute Gasteiger partial charge is 0.448 e. The average Bonchev–Trinajstić information content (AvgIpc) is 2.47. The van der Waals surface area contributed by atoms with Crippen LogP contribution >= 0.6 is 11.6 Å². The van der Waals surface area contributed by atoms with Crippen molar-refractivity contribution < 1.29 is 14.5 Å². The molecule has 0 radical (unpaired) electrons. The minimum absolute atomic E-state index is 0.00196. The third-order valence-corrected chi connectivity index (χ3v) is 2.87. The first-order valence-corrected chi connectivity index (χ1v) is 6.74. The number of hydrogen-bond acceptors (Lipinski definition) is 5. The number of benzene rings is 1. The number of halogens is 1. The Morgan fingerprint density at radius 2 is 2.18 bits per heavy atom. The Kier molecular flexibility index (Phi) is 4.90. The Bertz CT molecular complexity index is 721. The Hall–Kier alpha value is -2.67. The van der Waals surface area contributed by atoms with Gasteiger partial charge in [-0.1, -0.05) is 11.6 Å². The van der Waals surface area contributed by atoms with E-state index in [0.29, 0.717) is 11.6 Å². The molecule has 1 amide bonds. The van der Waals surface area contributed by atoms with E-state index in [1.807, 2.05) is 0 Å². The molecule has 0 aliphatic heterocycles. The molecule has 0 bridgehead atoms. The molecule has 22 heavy (non-hydrogen) atoms. The van der Waals surface area contributed by atoms with Gasteiger partial charge in [0.2, 0.25) is 5.75 Å². The number of ether oxygens (including phenoxy) is 1. The van der Waals surface area contributed by atoms with Crippen LogP contribution in [0.15, 0.2) is 36.7 Å². The maximum Gasteiger partial charge on any atom is 0.312 e. The molecular weight excluding hydrogens is 310 g/mol. The van der Waals surface area contributed by atoms with E-state index < -0.39 is 4.92 Å². The molecule has 0 saturated heterocycles. The van der Waals surface area contributed by atoms with E-state index in [-0.39, 0.29) is 28.7 Å². The minimum Gasteiger partial charge on any atom is -0.448 e. The summed E-state index contributed by atoms with van der Waals surface area (Å²) in [6, 6.07) is 5.46. The predicted octanol–water partition coefficient (Wildman–Crippen LogP) is 3.19. The van der Waals surface area contributed by atoms with Gasteiger partial charge in [0.15, 0.2) is 0 Å². The first-order chi connectivity index (χ1) is 10.5. The SMILES string of the molecule is CCNC(=O)c1ccc(Oc2cncc(Cl)c2)c([N+](=O)[O-])c1. The Labute approximate surface area is 131 Å². The molecular formula is C14H12ClN3O4. The summed E-state index contributed by atoms with van der Waals surface area (Å²) >= 11 is 5.79. The maximum absolute atomic E-state index is 11.7. The minimum atomic E-state index is -0.615. The van der Waals surface area contributed by atoms with Gasteiger partial charge in [0.05, 0.1) is 16.1 Å². The van der Waals surface area contributed by atoms with Gasteiger partial charge >= 0.3 is 5.69 Å². The molecule has 0 saturated carbocycles. The lowest BCUT2D eigenvalue weighted by Gasteiger charge is -2.08. The first-order valence-electron chi connectivity index (χ1n) is 6.36. The van der Waals surface area contributed by atoms with Crippen LogP contribution in [0.3, 0.4) is 0 Å². The van der Waals surface area contributed by atoms with Crippen molar-refractivity contribution in [2.24, 2.45) is 0 Å². The van der Waals surface area contributed by atoms with Gasteiger partial charge in [0.25, 0.3) is 5.91 Å². The van der Waals surface area contributed by atoms with Crippen LogP contribution in [0.5, 0.6) is 11.5 Å². The molecule has 0 atom stereocenters. The Morgan fingerprint density at radius 3 is 2.82 bits per heavy atom. The van der Waals surface area contributed by atoms with Crippen molar-refractivity contribution in [3.8, 4) is 11.5 Å². The highest BCUT2D eigenvalue weighted by Crippen LogP contribution is 2.32. The topological polar surface area (TPSA) is 94.4 Å². The van der Waals surface area contributed by atoms with E-state index in [0.717, 1.165) is 6.07 Å². The third kappa shape index (κ3) is 3.70. The molecule has 2 rings (SSSR count). The van der Waals surface area contributed by atoms with Gasteiger partial charge in [-0.3, -0.25) is 19.9 Å². The number of nitro benzene ring substituents is 1. The van der Waals surface area contributed by atoms with Gasteiger partial charge < -0.3 is 10.1 Å². The highest BCUT2D eigenvalue weighted by atomic mass is 35.5. The predicted molar refractivity (Wildman–Crippen MR) is 80.4 cm³/mol. The standard InChI is InChI=1S/C14H12ClN3O4/c1-2-17-14(19)9-3-4-13(12(5-9)18(20)21)22-11-6-10(15)7-16-8-11/h3-8H,2H2,1H3,(H,17,19). The van der Waals surface area contributed by atoms with Crippen molar-refractivity contribution in [1.82, 2.24) is 10.3 Å². The van der Waals surface area contributed by atoms with E-state index >= 15 is 0 Å². The lowest BCUT2D eigenvalue weighted by molar-refractivity contribution is -0.385. The number of nitrogens with one attached hydrogen (secondary N) is 1. The summed E-state index contributed by atoms with van der Waals surface area (Å²) < 4.78 is 5.43. The second kappa shape index (κ2) is 6.86. The van der Waals surface area contributed by atoms with Crippen LogP contribution in [0.2, 0.25) is 5.02 Å². The summed E-state index contributed by atoms with van der Waals surface area (Å²) in [6.45, 7) is 2.19. The molecule has 1 aromatic heterocycles. The number of amides is 1. The summed E-state index contributed by atoms with van der Waals surface area (Å²) in [6.07, 6.45) is 2.80. The molecule has 1 aromatic carbocycles. The van der Waals surface area contributed by atoms with E-state index in [1.165, 1.54) is 30.6 Å². The first kappa shape index (κ1) is 15.7. The van der Waals surface area contributed by atoms with Crippen LogP contribution in [0, 0.1) is 10.1 Å². The molecule has 1 heterocycles. The lowest BCUT2D eigenvalue weighted by Crippen LogP contribution is -2.22. The second-order valence-corrected chi connectivity index (χ2v) is 4.68. The van der Waals surface area contributed by atoms with Crippen molar-refractivity contribution in [1.29, 1.82) is 0 Å². The van der Waals surface area contributed by atoms with Crippen molar-refractivity contribution in [2.45, 2.75) is 6.92 Å². The zero-order valence-corrected chi connectivity index (χ0v) is 12.3. The van der Waals surface area contributed by atoms with Gasteiger partial charge in [0.1, 0.15) is 5.75 Å². The third-order valence-electron chi connectivity index (χ3n) is 2.66. The smallest absolute Gasteiger partial charge is 0.312 e. The van der Waals surface area contributed by atoms with Crippen LogP contribution < -0.4 is 10.1 Å². The number of aromatic nitrogens is 1. The monoisotopic (exact) mass is 321 g/mol.